The molecule has 0 saturated carbocycles. The summed E-state index contributed by atoms with van der Waals surface area (Å²) in [5, 5.41) is 8.31. The Labute approximate surface area is 118 Å². The second kappa shape index (κ2) is 0.979. The van der Waals surface area contributed by atoms with E-state index in [1.807, 2.05) is 0 Å². The molecule has 0 aromatic carbocycles. The molecule has 120 valence electrons. The topological polar surface area (TPSA) is 63.6 Å². The summed E-state index contributed by atoms with van der Waals surface area (Å²) in [4.78, 5) is 36.7. The van der Waals surface area contributed by atoms with Crippen molar-refractivity contribution in [3.8, 4) is 0 Å². The number of aliphatic carboxylic acids is 1. The average Bonchev–Trinajstić information content (AvgIpc) is 3.38. The predicted molar refractivity (Wildman–Crippen MR) is 75.5 cm³/mol. The van der Waals surface area contributed by atoms with Crippen LogP contribution in [0.3, 0.4) is 0 Å². The molecule has 10 aliphatic rings. The molecule has 0 amide bonds. The Morgan fingerprint density at radius 1 is 0.955 bits per heavy atom. The van der Waals surface area contributed by atoms with Crippen LogP contribution in [0.2, 0.25) is 48.2 Å². The van der Waals surface area contributed by atoms with Crippen molar-refractivity contribution in [1.29, 1.82) is 0 Å². The van der Waals surface area contributed by atoms with Crippen LogP contribution in [-0.2, 0) is 20.8 Å². The molecule has 0 aromatic rings. The van der Waals surface area contributed by atoms with Gasteiger partial charge in [-0.05, 0) is 13.8 Å². The van der Waals surface area contributed by atoms with Crippen LogP contribution in [-0.4, -0.2) is 23.1 Å². The number of hydrogen-bond acceptors (Lipinski definition) is 3. The van der Waals surface area contributed by atoms with Gasteiger partial charge in [0.25, 0.3) is 0 Å². The predicted octanol–water partition coefficient (Wildman–Crippen LogP) is 3.95. The number of esters is 1. The van der Waals surface area contributed by atoms with E-state index in [1.54, 1.807) is 48.2 Å². The van der Waals surface area contributed by atoms with Gasteiger partial charge in [-0.15, -0.1) is 0 Å². The van der Waals surface area contributed by atoms with Crippen molar-refractivity contribution in [2.75, 3.05) is 0 Å². The molecule has 0 bridgehead atoms. The summed E-state index contributed by atoms with van der Waals surface area (Å²) in [7, 11) is 0. The van der Waals surface area contributed by atoms with E-state index < -0.39 is 24.6 Å². The first kappa shape index (κ1) is 10.1. The van der Waals surface area contributed by atoms with E-state index in [4.69, 9.17) is 5.11 Å². The summed E-state index contributed by atoms with van der Waals surface area (Å²) in [6, 6.07) is 0. The molecule has 10 aliphatic heterocycles. The first-order chi connectivity index (χ1) is 10.1. The average molecular weight is 344 g/mol. The van der Waals surface area contributed by atoms with Crippen LogP contribution < -0.4 is 0 Å². The Hall–Kier alpha value is -0.801. The molecule has 1 atom stereocenters. The van der Waals surface area contributed by atoms with Gasteiger partial charge >= 0.3 is 66.6 Å². The molecule has 10 saturated heterocycles. The summed E-state index contributed by atoms with van der Waals surface area (Å²) >= 11 is 0. The van der Waals surface area contributed by atoms with Gasteiger partial charge in [0.2, 0.25) is 0 Å². The zero-order valence-electron chi connectivity index (χ0n) is 12.6. The van der Waals surface area contributed by atoms with Crippen LogP contribution in [0.1, 0.15) is 13.8 Å². The number of fused-ring (bicyclic) bond motifs is 10. The molecule has 10 rings (SSSR count). The van der Waals surface area contributed by atoms with Crippen molar-refractivity contribution >= 4 is 11.9 Å². The van der Waals surface area contributed by atoms with Crippen molar-refractivity contribution in [3.63, 3.8) is 0 Å². The quantitative estimate of drug-likeness (QED) is 0.478. The van der Waals surface area contributed by atoms with E-state index in [0.29, 0.717) is 0 Å². The zero-order chi connectivity index (χ0) is 15.1. The fourth-order valence-corrected chi connectivity index (χ4v) is 88.3. The Morgan fingerprint density at radius 3 is 1.41 bits per heavy atom. The third-order valence-electron chi connectivity index (χ3n) is 15.5. The van der Waals surface area contributed by atoms with Crippen LogP contribution in [0.15, 0.2) is 12.2 Å². The molecule has 5 heteroatoms. The first-order valence-electron chi connectivity index (χ1n) is 8.42. The Bertz CT molecular complexity index is 922. The van der Waals surface area contributed by atoms with Gasteiger partial charge < -0.3 is 9.84 Å². The van der Waals surface area contributed by atoms with Crippen LogP contribution in [0.5, 0.6) is 0 Å². The first-order valence-corrected chi connectivity index (χ1v) is 14.8. The Kier molecular flexibility index (Phi) is 0.452. The molecule has 22 heavy (non-hydrogen) atoms. The van der Waals surface area contributed by atoms with Gasteiger partial charge in [0, 0.05) is 5.57 Å². The fourth-order valence-electron chi connectivity index (χ4n) is 16.1. The van der Waals surface area contributed by atoms with Crippen LogP contribution in [0.4, 0.5) is 0 Å². The molecule has 1 N–H and O–H groups in total. The molecule has 1 unspecified atom stereocenters. The normalized spacial score (nSPS) is 91.4. The van der Waals surface area contributed by atoms with Crippen LogP contribution in [0.25, 0.3) is 0 Å². The summed E-state index contributed by atoms with van der Waals surface area (Å²) < 4.78 is 4.44. The zero-order valence-corrected chi connectivity index (χ0v) is 13.7. The Morgan fingerprint density at radius 2 is 1.27 bits per heavy atom. The van der Waals surface area contributed by atoms with Crippen molar-refractivity contribution in [3.05, 3.63) is 12.2 Å². The second-order valence-corrected chi connectivity index (χ2v) is 35.7. The van der Waals surface area contributed by atoms with Crippen molar-refractivity contribution < 1.29 is 25.9 Å². The number of hydrogen-bond donors (Lipinski definition) is 1. The van der Waals surface area contributed by atoms with E-state index in [9.17, 15) is 9.59 Å². The van der Waals surface area contributed by atoms with Crippen LogP contribution >= 0.6 is 0 Å². The Balaban J connectivity index is 0.0000000818. The SMILES string of the molecule is C=C(C)C(=O)OC(C)C(=O)O.[CH]12[CH]3[CH]4[CH]5[CH]1[Fe]23451678[CH]2[CH]1[CH]6[CH]7[CH]28. The summed E-state index contributed by atoms with van der Waals surface area (Å²) in [5.74, 6) is -1.85. The summed E-state index contributed by atoms with van der Waals surface area (Å²) in [6.07, 6.45) is -1.11. The second-order valence-electron chi connectivity index (χ2n) is 11.8. The maximum absolute atomic E-state index is 10.7. The number of carboxylic acid groups (broad SMARTS) is 1. The van der Waals surface area contributed by atoms with E-state index in [2.05, 4.69) is 11.3 Å². The van der Waals surface area contributed by atoms with Gasteiger partial charge in [0.05, 0.1) is 0 Å². The molecule has 10 fully saturated rings. The monoisotopic (exact) mass is 344 g/mol. The molecule has 0 aromatic heterocycles. The number of carboxylic acids is 1. The number of rotatable bonds is 3. The van der Waals surface area contributed by atoms with E-state index in [1.165, 1.54) is 13.8 Å². The minimum atomic E-state index is -2.28. The van der Waals surface area contributed by atoms with Gasteiger partial charge in [-0.1, -0.05) is 6.58 Å². The number of carbonyl (C=O) groups is 2. The van der Waals surface area contributed by atoms with E-state index in [0.717, 1.165) is 0 Å². The molecule has 0 aliphatic carbocycles. The van der Waals surface area contributed by atoms with E-state index in [-0.39, 0.29) is 5.57 Å². The standard InChI is InChI=1S/C7H10O4.2C5H5.Fe/c1-4(2)7(10)11-5(3)6(8)9;2*1-2-4-5-3-1;/h5H,1H2,2-3H3,(H,8,9);2*1-5H;. The summed E-state index contributed by atoms with van der Waals surface area (Å²) in [6.45, 7) is 3.75. The molecule has 0 radical (unpaired) electrons. The molecule has 4 nitrogen and oxygen atoms in total. The molecule has 10 heterocycles. The minimum absolute atomic E-state index is 0.193. The van der Waals surface area contributed by atoms with Gasteiger partial charge in [-0.25, -0.2) is 9.59 Å². The van der Waals surface area contributed by atoms with Gasteiger partial charge in [0.1, 0.15) is 0 Å². The van der Waals surface area contributed by atoms with Crippen molar-refractivity contribution in [2.45, 2.75) is 68.1 Å². The van der Waals surface area contributed by atoms with E-state index >= 15 is 0 Å². The van der Waals surface area contributed by atoms with Gasteiger partial charge in [-0.3, -0.25) is 0 Å². The summed E-state index contributed by atoms with van der Waals surface area (Å²) in [5.41, 5.74) is 0.193. The van der Waals surface area contributed by atoms with Crippen molar-refractivity contribution in [2.24, 2.45) is 0 Å². The maximum atomic E-state index is 10.7. The number of carbonyl (C=O) groups excluding carboxylic acids is 1. The fraction of sp³-hybridized carbons (Fsp3) is 0.765. The third kappa shape index (κ3) is 0.143. The number of ether oxygens (including phenoxy) is 1. The third-order valence-corrected chi connectivity index (χ3v) is 57.4. The van der Waals surface area contributed by atoms with Crippen molar-refractivity contribution in [1.82, 2.24) is 0 Å². The molecular weight excluding hydrogens is 324 g/mol. The van der Waals surface area contributed by atoms with Gasteiger partial charge in [0.15, 0.2) is 6.10 Å². The van der Waals surface area contributed by atoms with Crippen LogP contribution in [0, 0.1) is 0 Å². The molecule has 1 spiro atoms. The van der Waals surface area contributed by atoms with Gasteiger partial charge in [-0.2, -0.15) is 0 Å². The molecular formula is C17H20FeO4.